The second kappa shape index (κ2) is 10.3. The number of carbonyl (C=O) groups excluding carboxylic acids is 2. The average molecular weight is 521 g/mol. The monoisotopic (exact) mass is 520 g/mol. The molecule has 4 rings (SSSR count). The highest BCUT2D eigenvalue weighted by molar-refractivity contribution is 6.31. The van der Waals surface area contributed by atoms with Gasteiger partial charge in [0.05, 0.1) is 27.8 Å². The normalized spacial score (nSPS) is 14.8. The van der Waals surface area contributed by atoms with Gasteiger partial charge in [0, 0.05) is 26.6 Å². The Morgan fingerprint density at radius 3 is 2.53 bits per heavy atom. The van der Waals surface area contributed by atoms with E-state index < -0.39 is 22.7 Å². The van der Waals surface area contributed by atoms with Crippen molar-refractivity contribution < 1.29 is 22.8 Å². The second-order valence-electron chi connectivity index (χ2n) is 8.82. The van der Waals surface area contributed by atoms with Gasteiger partial charge in [-0.15, -0.1) is 0 Å². The number of hydrogen-bond donors (Lipinski definition) is 1. The van der Waals surface area contributed by atoms with Gasteiger partial charge in [0.1, 0.15) is 6.54 Å². The predicted octanol–water partition coefficient (Wildman–Crippen LogP) is 4.11. The van der Waals surface area contributed by atoms with Crippen LogP contribution in [0.1, 0.15) is 42.4 Å². The molecule has 0 saturated carbocycles. The number of alkyl halides is 3. The maximum absolute atomic E-state index is 13.1. The smallest absolute Gasteiger partial charge is 0.350 e. The molecule has 1 fully saturated rings. The molecule has 2 aromatic carbocycles. The van der Waals surface area contributed by atoms with E-state index >= 15 is 0 Å². The number of halogens is 4. The molecule has 0 aliphatic carbocycles. The van der Waals surface area contributed by atoms with E-state index in [4.69, 9.17) is 11.6 Å². The van der Waals surface area contributed by atoms with Crippen LogP contribution in [0.5, 0.6) is 0 Å². The Morgan fingerprint density at radius 1 is 1.14 bits per heavy atom. The minimum Gasteiger partial charge on any atom is -0.350 e. The van der Waals surface area contributed by atoms with Crippen LogP contribution in [0.2, 0.25) is 5.02 Å². The second-order valence-corrected chi connectivity index (χ2v) is 9.23. The minimum absolute atomic E-state index is 0.0502. The Kier molecular flexibility index (Phi) is 7.35. The standard InChI is InChI=1S/C25H24ClF3N4O3/c1-15(34)32-8-6-17(7-9-32)18-3-5-22-19(11-18)24(36)33(14-31-22)13-23(35)30-12-16-2-4-21(26)20(10-16)25(27,28)29/h2-5,10-11,14,17H,6-9,12-13H2,1H3,(H,30,35). The zero-order chi connectivity index (χ0) is 26.0. The van der Waals surface area contributed by atoms with Crippen LogP contribution in [0.3, 0.4) is 0 Å². The van der Waals surface area contributed by atoms with Crippen molar-refractivity contribution in [1.82, 2.24) is 19.8 Å². The molecule has 11 heteroatoms. The Bertz CT molecular complexity index is 1360. The van der Waals surface area contributed by atoms with Gasteiger partial charge >= 0.3 is 6.18 Å². The van der Waals surface area contributed by atoms with Gasteiger partial charge in [-0.2, -0.15) is 13.2 Å². The molecule has 2 heterocycles. The van der Waals surface area contributed by atoms with Crippen molar-refractivity contribution in [2.45, 2.75) is 44.9 Å². The number of fused-ring (bicyclic) bond motifs is 1. The van der Waals surface area contributed by atoms with Gasteiger partial charge in [-0.25, -0.2) is 4.98 Å². The molecular formula is C25H24ClF3N4O3. The minimum atomic E-state index is -4.61. The maximum Gasteiger partial charge on any atom is 0.417 e. The molecule has 36 heavy (non-hydrogen) atoms. The highest BCUT2D eigenvalue weighted by atomic mass is 35.5. The SMILES string of the molecule is CC(=O)N1CCC(c2ccc3ncn(CC(=O)NCc4ccc(Cl)c(C(F)(F)F)c4)c(=O)c3c2)CC1. The van der Waals surface area contributed by atoms with Gasteiger partial charge in [0.15, 0.2) is 0 Å². The molecule has 1 aliphatic heterocycles. The molecule has 0 bridgehead atoms. The number of aromatic nitrogens is 2. The highest BCUT2D eigenvalue weighted by Gasteiger charge is 2.33. The number of hydrogen-bond acceptors (Lipinski definition) is 4. The van der Waals surface area contributed by atoms with E-state index in [1.165, 1.54) is 17.0 Å². The van der Waals surface area contributed by atoms with Crippen LogP contribution in [0.4, 0.5) is 13.2 Å². The van der Waals surface area contributed by atoms with Crippen molar-refractivity contribution in [2.24, 2.45) is 0 Å². The fourth-order valence-electron chi connectivity index (χ4n) is 4.38. The Balaban J connectivity index is 1.45. The van der Waals surface area contributed by atoms with E-state index in [1.807, 2.05) is 6.07 Å². The molecule has 0 unspecified atom stereocenters. The summed E-state index contributed by atoms with van der Waals surface area (Å²) in [7, 11) is 0. The van der Waals surface area contributed by atoms with Crippen molar-refractivity contribution in [3.63, 3.8) is 0 Å². The van der Waals surface area contributed by atoms with Crippen molar-refractivity contribution in [1.29, 1.82) is 0 Å². The zero-order valence-electron chi connectivity index (χ0n) is 19.4. The van der Waals surface area contributed by atoms with Gasteiger partial charge in [0.2, 0.25) is 11.8 Å². The number of amides is 2. The molecule has 1 aromatic heterocycles. The molecule has 0 atom stereocenters. The lowest BCUT2D eigenvalue weighted by molar-refractivity contribution is -0.137. The number of carbonyl (C=O) groups is 2. The van der Waals surface area contributed by atoms with Crippen LogP contribution in [0, 0.1) is 0 Å². The summed E-state index contributed by atoms with van der Waals surface area (Å²) in [6.45, 7) is 2.39. The van der Waals surface area contributed by atoms with Crippen molar-refractivity contribution in [3.05, 3.63) is 74.8 Å². The number of piperidine rings is 1. The summed E-state index contributed by atoms with van der Waals surface area (Å²) < 4.78 is 40.3. The van der Waals surface area contributed by atoms with Gasteiger partial charge in [0.25, 0.3) is 5.56 Å². The summed E-state index contributed by atoms with van der Waals surface area (Å²) in [6, 6.07) is 8.90. The fourth-order valence-corrected chi connectivity index (χ4v) is 4.61. The lowest BCUT2D eigenvalue weighted by atomic mass is 9.89. The predicted molar refractivity (Wildman–Crippen MR) is 129 cm³/mol. The largest absolute Gasteiger partial charge is 0.417 e. The van der Waals surface area contributed by atoms with E-state index in [0.29, 0.717) is 24.0 Å². The third-order valence-corrected chi connectivity index (χ3v) is 6.73. The Labute approximate surface area is 209 Å². The first-order chi connectivity index (χ1) is 17.0. The van der Waals surface area contributed by atoms with Crippen LogP contribution in [0.25, 0.3) is 10.9 Å². The van der Waals surface area contributed by atoms with Crippen molar-refractivity contribution >= 4 is 34.3 Å². The molecular weight excluding hydrogens is 497 g/mol. The third-order valence-electron chi connectivity index (χ3n) is 6.40. The molecule has 1 N–H and O–H groups in total. The summed E-state index contributed by atoms with van der Waals surface area (Å²) in [5.74, 6) is -0.286. The summed E-state index contributed by atoms with van der Waals surface area (Å²) in [5.41, 5.74) is 0.347. The number of nitrogens with one attached hydrogen (secondary N) is 1. The van der Waals surface area contributed by atoms with E-state index in [1.54, 1.807) is 24.0 Å². The topological polar surface area (TPSA) is 84.3 Å². The Morgan fingerprint density at radius 2 is 1.86 bits per heavy atom. The quantitative estimate of drug-likeness (QED) is 0.549. The van der Waals surface area contributed by atoms with E-state index in [-0.39, 0.29) is 36.0 Å². The van der Waals surface area contributed by atoms with Crippen LogP contribution in [-0.2, 0) is 28.9 Å². The van der Waals surface area contributed by atoms with Crippen LogP contribution in [-0.4, -0.2) is 39.4 Å². The lowest BCUT2D eigenvalue weighted by Crippen LogP contribution is -2.36. The van der Waals surface area contributed by atoms with Crippen LogP contribution < -0.4 is 10.9 Å². The molecule has 2 amide bonds. The summed E-state index contributed by atoms with van der Waals surface area (Å²) in [4.78, 5) is 43.2. The molecule has 1 saturated heterocycles. The van der Waals surface area contributed by atoms with Gasteiger partial charge in [-0.1, -0.05) is 23.7 Å². The molecule has 7 nitrogen and oxygen atoms in total. The fraction of sp³-hybridized carbons (Fsp3) is 0.360. The number of benzene rings is 2. The van der Waals surface area contributed by atoms with Crippen LogP contribution >= 0.6 is 11.6 Å². The molecule has 0 spiro atoms. The zero-order valence-corrected chi connectivity index (χ0v) is 20.2. The summed E-state index contributed by atoms with van der Waals surface area (Å²) in [5, 5.41) is 2.49. The first-order valence-electron chi connectivity index (χ1n) is 11.4. The number of rotatable bonds is 5. The average Bonchev–Trinajstić information content (AvgIpc) is 2.84. The summed E-state index contributed by atoms with van der Waals surface area (Å²) in [6.07, 6.45) is -1.74. The first kappa shape index (κ1) is 25.7. The van der Waals surface area contributed by atoms with Crippen molar-refractivity contribution in [2.75, 3.05) is 13.1 Å². The van der Waals surface area contributed by atoms with Gasteiger partial charge in [-0.05, 0) is 54.2 Å². The third kappa shape index (κ3) is 5.70. The molecule has 190 valence electrons. The maximum atomic E-state index is 13.1. The summed E-state index contributed by atoms with van der Waals surface area (Å²) >= 11 is 5.63. The number of likely N-dealkylation sites (tertiary alicyclic amines) is 1. The van der Waals surface area contributed by atoms with Gasteiger partial charge < -0.3 is 10.2 Å². The first-order valence-corrected chi connectivity index (χ1v) is 11.8. The lowest BCUT2D eigenvalue weighted by Gasteiger charge is -2.31. The van der Waals surface area contributed by atoms with E-state index in [0.717, 1.165) is 30.5 Å². The van der Waals surface area contributed by atoms with Crippen LogP contribution in [0.15, 0.2) is 47.5 Å². The van der Waals surface area contributed by atoms with E-state index in [9.17, 15) is 27.6 Å². The van der Waals surface area contributed by atoms with Crippen molar-refractivity contribution in [3.8, 4) is 0 Å². The highest BCUT2D eigenvalue weighted by Crippen LogP contribution is 2.35. The molecule has 3 aromatic rings. The Hall–Kier alpha value is -3.40. The number of nitrogens with zero attached hydrogens (tertiary/aromatic N) is 3. The molecule has 0 radical (unpaired) electrons. The van der Waals surface area contributed by atoms with Gasteiger partial charge in [-0.3, -0.25) is 19.0 Å². The molecule has 1 aliphatic rings. The van der Waals surface area contributed by atoms with E-state index in [2.05, 4.69) is 10.3 Å².